The highest BCUT2D eigenvalue weighted by Gasteiger charge is 2.10. The van der Waals surface area contributed by atoms with Gasteiger partial charge < -0.3 is 5.32 Å². The third-order valence-corrected chi connectivity index (χ3v) is 3.78. The first-order valence-electron chi connectivity index (χ1n) is 6.80. The minimum atomic E-state index is 0.267. The van der Waals surface area contributed by atoms with Crippen LogP contribution in [0.2, 0.25) is 10.0 Å². The molecule has 0 aliphatic carbocycles. The molecule has 106 valence electrons. The highest BCUT2D eigenvalue weighted by atomic mass is 35.5. The largest absolute Gasteiger partial charge is 0.307 e. The zero-order chi connectivity index (χ0) is 14.5. The van der Waals surface area contributed by atoms with Gasteiger partial charge in [-0.05, 0) is 55.7 Å². The van der Waals surface area contributed by atoms with Gasteiger partial charge in [0, 0.05) is 22.1 Å². The van der Waals surface area contributed by atoms with E-state index in [9.17, 15) is 0 Å². The van der Waals surface area contributed by atoms with Crippen molar-refractivity contribution in [3.05, 3.63) is 69.7 Å². The normalized spacial score (nSPS) is 14.0. The summed E-state index contributed by atoms with van der Waals surface area (Å²) in [6.07, 6.45) is 0.950. The Hall–Kier alpha value is -1.02. The molecule has 2 aromatic rings. The summed E-state index contributed by atoms with van der Waals surface area (Å²) in [5.74, 6) is 0. The molecule has 1 nitrogen and oxygen atoms in total. The van der Waals surface area contributed by atoms with Gasteiger partial charge in [0.1, 0.15) is 0 Å². The van der Waals surface area contributed by atoms with Crippen LogP contribution in [0.3, 0.4) is 0 Å². The molecule has 1 N–H and O–H groups in total. The molecule has 0 amide bonds. The highest BCUT2D eigenvalue weighted by molar-refractivity contribution is 6.30. The van der Waals surface area contributed by atoms with Crippen LogP contribution in [0.15, 0.2) is 48.5 Å². The lowest BCUT2D eigenvalue weighted by Gasteiger charge is -2.20. The maximum atomic E-state index is 6.03. The Bertz CT molecular complexity index is 568. The van der Waals surface area contributed by atoms with Crippen molar-refractivity contribution in [3.63, 3.8) is 0 Å². The highest BCUT2D eigenvalue weighted by Crippen LogP contribution is 2.19. The van der Waals surface area contributed by atoms with Gasteiger partial charge in [-0.25, -0.2) is 0 Å². The first-order valence-corrected chi connectivity index (χ1v) is 7.56. The van der Waals surface area contributed by atoms with Crippen molar-refractivity contribution >= 4 is 23.2 Å². The number of benzene rings is 2. The van der Waals surface area contributed by atoms with Crippen molar-refractivity contribution in [2.45, 2.75) is 32.4 Å². The fourth-order valence-electron chi connectivity index (χ4n) is 2.38. The van der Waals surface area contributed by atoms with Gasteiger partial charge in [0.25, 0.3) is 0 Å². The van der Waals surface area contributed by atoms with E-state index in [-0.39, 0.29) is 6.04 Å². The van der Waals surface area contributed by atoms with Crippen molar-refractivity contribution < 1.29 is 0 Å². The Kier molecular flexibility index (Phi) is 5.47. The van der Waals surface area contributed by atoms with Crippen molar-refractivity contribution in [2.75, 3.05) is 0 Å². The predicted molar refractivity (Wildman–Crippen MR) is 87.6 cm³/mol. The topological polar surface area (TPSA) is 12.0 Å². The molecule has 0 radical (unpaired) electrons. The summed E-state index contributed by atoms with van der Waals surface area (Å²) in [5, 5.41) is 5.16. The number of hydrogen-bond donors (Lipinski definition) is 1. The number of nitrogens with one attached hydrogen (secondary N) is 1. The maximum absolute atomic E-state index is 6.03. The van der Waals surface area contributed by atoms with E-state index < -0.39 is 0 Å². The smallest absolute Gasteiger partial charge is 0.0409 e. The third kappa shape index (κ3) is 4.52. The molecule has 0 fully saturated rings. The summed E-state index contributed by atoms with van der Waals surface area (Å²) in [6.45, 7) is 4.34. The molecule has 0 aromatic heterocycles. The summed E-state index contributed by atoms with van der Waals surface area (Å²) in [7, 11) is 0. The molecule has 0 bridgehead atoms. The molecule has 2 rings (SSSR count). The van der Waals surface area contributed by atoms with Gasteiger partial charge in [0.15, 0.2) is 0 Å². The van der Waals surface area contributed by atoms with Crippen molar-refractivity contribution in [2.24, 2.45) is 0 Å². The zero-order valence-corrected chi connectivity index (χ0v) is 13.2. The van der Waals surface area contributed by atoms with E-state index >= 15 is 0 Å². The molecule has 0 aliphatic heterocycles. The van der Waals surface area contributed by atoms with E-state index in [0.29, 0.717) is 6.04 Å². The predicted octanol–water partition coefficient (Wildman–Crippen LogP) is 5.28. The Balaban J connectivity index is 1.95. The Morgan fingerprint density at radius 1 is 0.950 bits per heavy atom. The molecule has 3 heteroatoms. The molecule has 2 unspecified atom stereocenters. The maximum Gasteiger partial charge on any atom is 0.0409 e. The molecule has 0 aliphatic rings. The van der Waals surface area contributed by atoms with Crippen LogP contribution in [-0.4, -0.2) is 6.04 Å². The van der Waals surface area contributed by atoms with Crippen LogP contribution in [0.4, 0.5) is 0 Å². The number of rotatable bonds is 5. The average Bonchev–Trinajstić information content (AvgIpc) is 2.38. The Morgan fingerprint density at radius 2 is 1.60 bits per heavy atom. The van der Waals surface area contributed by atoms with Crippen LogP contribution in [0, 0.1) is 0 Å². The SMILES string of the molecule is CC(Cc1cccc(Cl)c1)NC(C)c1cccc(Cl)c1. The summed E-state index contributed by atoms with van der Waals surface area (Å²) >= 11 is 12.0. The molecular weight excluding hydrogens is 289 g/mol. The molecule has 0 saturated heterocycles. The quantitative estimate of drug-likeness (QED) is 0.793. The minimum absolute atomic E-state index is 0.267. The van der Waals surface area contributed by atoms with Crippen molar-refractivity contribution in [1.82, 2.24) is 5.32 Å². The molecule has 0 heterocycles. The Labute approximate surface area is 130 Å². The van der Waals surface area contributed by atoms with Gasteiger partial charge in [-0.2, -0.15) is 0 Å². The monoisotopic (exact) mass is 307 g/mol. The van der Waals surface area contributed by atoms with Crippen LogP contribution >= 0.6 is 23.2 Å². The summed E-state index contributed by atoms with van der Waals surface area (Å²) in [4.78, 5) is 0. The first-order chi connectivity index (χ1) is 9.54. The Morgan fingerprint density at radius 3 is 2.25 bits per heavy atom. The lowest BCUT2D eigenvalue weighted by atomic mass is 10.0. The second-order valence-electron chi connectivity index (χ2n) is 5.18. The van der Waals surface area contributed by atoms with Crippen LogP contribution in [0.5, 0.6) is 0 Å². The van der Waals surface area contributed by atoms with E-state index in [2.05, 4.69) is 31.3 Å². The van der Waals surface area contributed by atoms with E-state index in [4.69, 9.17) is 23.2 Å². The van der Waals surface area contributed by atoms with Gasteiger partial charge in [0.05, 0.1) is 0 Å². The molecule has 0 spiro atoms. The van der Waals surface area contributed by atoms with Crippen LogP contribution in [-0.2, 0) is 6.42 Å². The second-order valence-corrected chi connectivity index (χ2v) is 6.05. The number of hydrogen-bond acceptors (Lipinski definition) is 1. The van der Waals surface area contributed by atoms with Gasteiger partial charge in [0.2, 0.25) is 0 Å². The van der Waals surface area contributed by atoms with E-state index in [1.54, 1.807) is 0 Å². The lowest BCUT2D eigenvalue weighted by Crippen LogP contribution is -2.30. The zero-order valence-electron chi connectivity index (χ0n) is 11.7. The van der Waals surface area contributed by atoms with Gasteiger partial charge in [-0.15, -0.1) is 0 Å². The summed E-state index contributed by atoms with van der Waals surface area (Å²) in [6, 6.07) is 16.6. The van der Waals surface area contributed by atoms with Crippen molar-refractivity contribution in [3.8, 4) is 0 Å². The van der Waals surface area contributed by atoms with Crippen molar-refractivity contribution in [1.29, 1.82) is 0 Å². The van der Waals surface area contributed by atoms with Crippen LogP contribution < -0.4 is 5.32 Å². The summed E-state index contributed by atoms with van der Waals surface area (Å²) < 4.78 is 0. The summed E-state index contributed by atoms with van der Waals surface area (Å²) in [5.41, 5.74) is 2.45. The van der Waals surface area contributed by atoms with E-state index in [1.165, 1.54) is 11.1 Å². The lowest BCUT2D eigenvalue weighted by molar-refractivity contribution is 0.477. The minimum Gasteiger partial charge on any atom is -0.307 e. The fourth-order valence-corrected chi connectivity index (χ4v) is 2.79. The van der Waals surface area contributed by atoms with E-state index in [0.717, 1.165) is 16.5 Å². The fraction of sp³-hybridized carbons (Fsp3) is 0.294. The second kappa shape index (κ2) is 7.12. The molecule has 20 heavy (non-hydrogen) atoms. The van der Waals surface area contributed by atoms with Gasteiger partial charge >= 0.3 is 0 Å². The molecule has 0 saturated carbocycles. The van der Waals surface area contributed by atoms with E-state index in [1.807, 2.05) is 36.4 Å². The number of halogens is 2. The van der Waals surface area contributed by atoms with Crippen LogP contribution in [0.25, 0.3) is 0 Å². The molecule has 2 aromatic carbocycles. The molecule has 2 atom stereocenters. The first kappa shape index (κ1) is 15.4. The standard InChI is InChI=1S/C17H19Cl2N/c1-12(9-14-5-3-7-16(18)10-14)20-13(2)15-6-4-8-17(19)11-15/h3-8,10-13,20H,9H2,1-2H3. The third-order valence-electron chi connectivity index (χ3n) is 3.31. The average molecular weight is 308 g/mol. The van der Waals surface area contributed by atoms with Gasteiger partial charge in [-0.1, -0.05) is 47.5 Å². The molecular formula is C17H19Cl2N. The van der Waals surface area contributed by atoms with Crippen LogP contribution in [0.1, 0.15) is 31.0 Å². The van der Waals surface area contributed by atoms with Gasteiger partial charge in [-0.3, -0.25) is 0 Å².